The highest BCUT2D eigenvalue weighted by Crippen LogP contribution is 2.85. The maximum absolute atomic E-state index is 2.56. The van der Waals surface area contributed by atoms with Gasteiger partial charge in [-0.05, 0) is 34.5 Å². The molecule has 0 fully saturated rings. The third kappa shape index (κ3) is 1.36. The van der Waals surface area contributed by atoms with Gasteiger partial charge in [0.1, 0.15) is 0 Å². The van der Waals surface area contributed by atoms with E-state index in [-0.39, 0.29) is 0 Å². The summed E-state index contributed by atoms with van der Waals surface area (Å²) in [5.41, 5.74) is 0. The van der Waals surface area contributed by atoms with Gasteiger partial charge in [-0.2, -0.15) is 0 Å². The molecule has 24 valence electrons. The van der Waals surface area contributed by atoms with Crippen LogP contribution in [0, 0.1) is 0 Å². The van der Waals surface area contributed by atoms with Crippen molar-refractivity contribution < 1.29 is 0 Å². The maximum Gasteiger partial charge on any atom is -0.00652 e. The van der Waals surface area contributed by atoms with Crippen molar-refractivity contribution in [2.75, 3.05) is 0 Å². The monoisotopic (exact) mass is 222 g/mol. The molecule has 0 spiro atoms. The molecule has 4 heavy (non-hydrogen) atoms. The lowest BCUT2D eigenvalue weighted by Crippen LogP contribution is -0.546. The van der Waals surface area contributed by atoms with Crippen molar-refractivity contribution in [2.24, 2.45) is 0 Å². The molecule has 0 nitrogen and oxygen atoms in total. The molecule has 2 unspecified atom stereocenters. The predicted octanol–water partition coefficient (Wildman–Crippen LogP) is 2.93. The zero-order valence-electron chi connectivity index (χ0n) is 1.83. The van der Waals surface area contributed by atoms with Gasteiger partial charge in [-0.1, -0.05) is 7.56 Å². The van der Waals surface area contributed by atoms with Gasteiger partial charge in [0, 0.05) is 0 Å². The summed E-state index contributed by atoms with van der Waals surface area (Å²) in [7, 11) is 3.15. The molecule has 0 N–H and O–H groups in total. The Morgan fingerprint density at radius 2 is 2.25 bits per heavy atom. The minimum Gasteiger partial charge on any atom is -0.0662 e. The molecule has 0 saturated carbocycles. The third-order valence-corrected chi connectivity index (χ3v) is 18.3. The summed E-state index contributed by atoms with van der Waals surface area (Å²) in [5, 5.41) is 0. The Balaban J connectivity index is 2.54. The fourth-order valence-corrected chi connectivity index (χ4v) is 11.5. The summed E-state index contributed by atoms with van der Waals surface area (Å²) < 4.78 is 0.340. The Labute approximate surface area is 42.2 Å². The van der Waals surface area contributed by atoms with Crippen LogP contribution >= 0.6 is 42.1 Å². The van der Waals surface area contributed by atoms with Crippen molar-refractivity contribution in [3.8, 4) is 0 Å². The Morgan fingerprint density at radius 3 is 2.25 bits per heavy atom. The predicted molar refractivity (Wildman–Crippen MR) is 37.6 cm³/mol. The van der Waals surface area contributed by atoms with Crippen LogP contribution in [0.4, 0.5) is 0 Å². The third-order valence-electron chi connectivity index (χ3n) is 0.196. The smallest absolute Gasteiger partial charge is 0.00652 e. The lowest BCUT2D eigenvalue weighted by Gasteiger charge is -1.44. The molecule has 4 heteroatoms. The van der Waals surface area contributed by atoms with E-state index in [0.29, 0.717) is 4.54 Å². The first-order chi connectivity index (χ1) is 1.89. The summed E-state index contributed by atoms with van der Waals surface area (Å²) >= 11 is 2.56. The van der Waals surface area contributed by atoms with E-state index in [0.717, 1.165) is 0 Å². The maximum atomic E-state index is 2.56. The second-order valence-electron chi connectivity index (χ2n) is 0.514. The van der Waals surface area contributed by atoms with Gasteiger partial charge in [0.25, 0.3) is 0 Å². The topological polar surface area (TPSA) is 0 Å². The van der Waals surface area contributed by atoms with Gasteiger partial charge in [-0.15, -0.1) is 0 Å². The SMILES string of the molecule is I[PH]1=PP1. The molecular formula is H2IP3. The molecule has 0 aliphatic carbocycles. The lowest BCUT2D eigenvalue weighted by atomic mass is 29.9. The van der Waals surface area contributed by atoms with E-state index in [9.17, 15) is 0 Å². The molecule has 1 heterocycles. The summed E-state index contributed by atoms with van der Waals surface area (Å²) in [6.45, 7) is 0. The van der Waals surface area contributed by atoms with Crippen LogP contribution in [0.2, 0.25) is 0 Å². The van der Waals surface area contributed by atoms with Gasteiger partial charge >= 0.3 is 0 Å². The van der Waals surface area contributed by atoms with Crippen molar-refractivity contribution >= 4 is 42.1 Å². The molecule has 0 aromatic heterocycles. The Morgan fingerprint density at radius 1 is 2.00 bits per heavy atom. The molecule has 0 saturated heterocycles. The van der Waals surface area contributed by atoms with Crippen LogP contribution in [0.5, 0.6) is 0 Å². The fraction of sp³-hybridized carbons (Fsp3) is 0. The van der Waals surface area contributed by atoms with Gasteiger partial charge in [-0.3, -0.25) is 0 Å². The highest BCUT2D eigenvalue weighted by Gasteiger charge is 1.96. The molecule has 1 aliphatic rings. The summed E-state index contributed by atoms with van der Waals surface area (Å²) in [4.78, 5) is 0. The van der Waals surface area contributed by atoms with Crippen LogP contribution in [0.15, 0.2) is 0 Å². The summed E-state index contributed by atoms with van der Waals surface area (Å²) in [5.74, 6) is 0. The van der Waals surface area contributed by atoms with E-state index in [1.807, 2.05) is 0 Å². The van der Waals surface area contributed by atoms with Crippen molar-refractivity contribution in [1.82, 2.24) is 0 Å². The molecule has 2 atom stereocenters. The van der Waals surface area contributed by atoms with E-state index < -0.39 is 0 Å². The Hall–Kier alpha value is 1.89. The Bertz CT molecular complexity index is 54.3. The van der Waals surface area contributed by atoms with E-state index in [1.54, 1.807) is 7.56 Å². The van der Waals surface area contributed by atoms with Crippen LogP contribution in [-0.4, -0.2) is 0 Å². The van der Waals surface area contributed by atoms with Crippen LogP contribution in [-0.2, 0) is 0 Å². The first-order valence-electron chi connectivity index (χ1n) is 0.886. The van der Waals surface area contributed by atoms with Crippen molar-refractivity contribution in [2.45, 2.75) is 0 Å². The standard InChI is InChI=1S/H2IP3/c1-4-2-3-4/h2,4H. The van der Waals surface area contributed by atoms with Gasteiger partial charge in [0.2, 0.25) is 0 Å². The van der Waals surface area contributed by atoms with Crippen LogP contribution in [0.3, 0.4) is 0 Å². The van der Waals surface area contributed by atoms with E-state index in [1.165, 1.54) is 7.96 Å². The molecule has 0 aromatic carbocycles. The molecule has 0 amide bonds. The Kier molecular flexibility index (Phi) is 1.58. The van der Waals surface area contributed by atoms with Crippen molar-refractivity contribution in [1.29, 1.82) is 0 Å². The first kappa shape index (κ1) is 4.06. The number of rotatable bonds is 0. The van der Waals surface area contributed by atoms with E-state index in [4.69, 9.17) is 0 Å². The van der Waals surface area contributed by atoms with Crippen LogP contribution in [0.1, 0.15) is 0 Å². The quantitative estimate of drug-likeness (QED) is 0.436. The molecule has 0 aromatic rings. The number of hydrogen-bond acceptors (Lipinski definition) is 0. The van der Waals surface area contributed by atoms with Gasteiger partial charge in [0.05, 0.1) is 0 Å². The molecule has 1 aliphatic heterocycles. The highest BCUT2D eigenvalue weighted by atomic mass is 127. The highest BCUT2D eigenvalue weighted by molar-refractivity contribution is 14.2. The molecular weight excluding hydrogens is 220 g/mol. The van der Waals surface area contributed by atoms with Crippen LogP contribution < -0.4 is 0 Å². The largest absolute Gasteiger partial charge is 0.0662 e. The van der Waals surface area contributed by atoms with Gasteiger partial charge in [-0.25, -0.2) is 0 Å². The van der Waals surface area contributed by atoms with E-state index in [2.05, 4.69) is 22.0 Å². The van der Waals surface area contributed by atoms with Gasteiger partial charge in [0.15, 0.2) is 0 Å². The zero-order valence-corrected chi connectivity index (χ0v) is 6.88. The molecule has 0 bridgehead atoms. The second kappa shape index (κ2) is 1.56. The second-order valence-corrected chi connectivity index (χ2v) is 19.9. The lowest BCUT2D eigenvalue weighted by molar-refractivity contribution is 5.79. The number of halogens is 1. The summed E-state index contributed by atoms with van der Waals surface area (Å²) in [6, 6.07) is 0. The molecule has 1 rings (SSSR count). The number of hydrogen-bond donors (Lipinski definition) is 0. The zero-order chi connectivity index (χ0) is 2.99. The average molecular weight is 222 g/mol. The fourth-order valence-electron chi connectivity index (χ4n) is 0.0211. The van der Waals surface area contributed by atoms with Crippen LogP contribution in [0.25, 0.3) is 0 Å². The minimum absolute atomic E-state index is 0.340. The normalized spacial score (nSPS) is 47.8. The first-order valence-corrected chi connectivity index (χ1v) is 10.1. The summed E-state index contributed by atoms with van der Waals surface area (Å²) in [6.07, 6.45) is 0. The average Bonchev–Trinajstić information content (AvgIpc) is 1.75. The minimum atomic E-state index is 0.340. The molecule has 0 radical (unpaired) electrons. The van der Waals surface area contributed by atoms with Crippen molar-refractivity contribution in [3.63, 3.8) is 0 Å². The van der Waals surface area contributed by atoms with E-state index >= 15 is 0 Å². The van der Waals surface area contributed by atoms with Crippen molar-refractivity contribution in [3.05, 3.63) is 0 Å². The van der Waals surface area contributed by atoms with Gasteiger partial charge < -0.3 is 0 Å².